The summed E-state index contributed by atoms with van der Waals surface area (Å²) in [4.78, 5) is 0. The summed E-state index contributed by atoms with van der Waals surface area (Å²) >= 11 is 0. The molecule has 4 aromatic rings. The number of aromatic nitrogens is 5. The summed E-state index contributed by atoms with van der Waals surface area (Å²) < 4.78 is 7.36. The molecule has 2 aromatic heterocycles. The molecule has 0 N–H and O–H groups in total. The molecule has 112 valence electrons. The lowest BCUT2D eigenvalue weighted by Crippen LogP contribution is -2.00. The Morgan fingerprint density at radius 2 is 1.48 bits per heavy atom. The van der Waals surface area contributed by atoms with Crippen LogP contribution in [0.4, 0.5) is 0 Å². The standard InChI is InChI=1S/C17H13N5O/c1-3-7-13(8-4-1)15-11-22(21-18-15)12-16-19-20-17(23-16)14-9-5-2-6-10-14/h1-11H,12H2. The van der Waals surface area contributed by atoms with Gasteiger partial charge in [0, 0.05) is 11.1 Å². The normalized spacial score (nSPS) is 10.8. The van der Waals surface area contributed by atoms with Crippen molar-refractivity contribution in [2.24, 2.45) is 0 Å². The molecule has 0 saturated carbocycles. The van der Waals surface area contributed by atoms with Crippen LogP contribution in [-0.2, 0) is 6.54 Å². The minimum Gasteiger partial charge on any atom is -0.419 e. The lowest BCUT2D eigenvalue weighted by atomic mass is 10.2. The molecule has 6 nitrogen and oxygen atoms in total. The molecule has 23 heavy (non-hydrogen) atoms. The number of nitrogens with zero attached hydrogens (tertiary/aromatic N) is 5. The highest BCUT2D eigenvalue weighted by molar-refractivity contribution is 5.57. The SMILES string of the molecule is c1ccc(-c2cn(Cc3nnc(-c4ccccc4)o3)nn2)cc1. The van der Waals surface area contributed by atoms with Crippen LogP contribution in [0.5, 0.6) is 0 Å². The number of hydrogen-bond acceptors (Lipinski definition) is 5. The van der Waals surface area contributed by atoms with Gasteiger partial charge < -0.3 is 4.42 Å². The van der Waals surface area contributed by atoms with Crippen molar-refractivity contribution in [1.82, 2.24) is 25.2 Å². The molecule has 0 saturated heterocycles. The molecule has 0 radical (unpaired) electrons. The number of rotatable bonds is 4. The van der Waals surface area contributed by atoms with E-state index in [0.29, 0.717) is 18.3 Å². The summed E-state index contributed by atoms with van der Waals surface area (Å²) in [5.74, 6) is 0.998. The molecule has 2 heterocycles. The molecule has 0 atom stereocenters. The summed E-state index contributed by atoms with van der Waals surface area (Å²) in [7, 11) is 0. The zero-order chi connectivity index (χ0) is 15.5. The van der Waals surface area contributed by atoms with E-state index in [2.05, 4.69) is 20.5 Å². The van der Waals surface area contributed by atoms with Crippen LogP contribution >= 0.6 is 0 Å². The van der Waals surface area contributed by atoms with Gasteiger partial charge in [0.15, 0.2) is 0 Å². The van der Waals surface area contributed by atoms with Gasteiger partial charge in [-0.2, -0.15) is 0 Å². The van der Waals surface area contributed by atoms with E-state index in [-0.39, 0.29) is 0 Å². The molecular formula is C17H13N5O. The second kappa shape index (κ2) is 5.84. The van der Waals surface area contributed by atoms with Crippen molar-refractivity contribution in [1.29, 1.82) is 0 Å². The highest BCUT2D eigenvalue weighted by Crippen LogP contribution is 2.18. The summed E-state index contributed by atoms with van der Waals surface area (Å²) in [5.41, 5.74) is 2.73. The summed E-state index contributed by atoms with van der Waals surface area (Å²) in [5, 5.41) is 16.4. The first kappa shape index (κ1) is 13.4. The fourth-order valence-electron chi connectivity index (χ4n) is 2.27. The van der Waals surface area contributed by atoms with Gasteiger partial charge >= 0.3 is 0 Å². The van der Waals surface area contributed by atoms with E-state index in [1.54, 1.807) is 4.68 Å². The van der Waals surface area contributed by atoms with Gasteiger partial charge in [0.1, 0.15) is 12.2 Å². The van der Waals surface area contributed by atoms with Gasteiger partial charge in [-0.15, -0.1) is 15.3 Å². The molecule has 0 amide bonds. The molecule has 0 spiro atoms. The van der Waals surface area contributed by atoms with Crippen molar-refractivity contribution in [3.05, 3.63) is 72.8 Å². The van der Waals surface area contributed by atoms with Crippen LogP contribution in [0.25, 0.3) is 22.7 Å². The second-order valence-corrected chi connectivity index (χ2v) is 5.03. The Hall–Kier alpha value is -3.28. The summed E-state index contributed by atoms with van der Waals surface area (Å²) in [6, 6.07) is 19.6. The molecule has 0 fully saturated rings. The van der Waals surface area contributed by atoms with E-state index in [1.807, 2.05) is 66.9 Å². The van der Waals surface area contributed by atoms with Crippen LogP contribution in [-0.4, -0.2) is 25.2 Å². The Kier molecular flexibility index (Phi) is 3.40. The highest BCUT2D eigenvalue weighted by atomic mass is 16.4. The molecule has 0 unspecified atom stereocenters. The smallest absolute Gasteiger partial charge is 0.247 e. The molecule has 0 aliphatic rings. The van der Waals surface area contributed by atoms with Gasteiger partial charge in [0.25, 0.3) is 0 Å². The first-order valence-corrected chi connectivity index (χ1v) is 7.22. The Morgan fingerprint density at radius 1 is 0.783 bits per heavy atom. The maximum atomic E-state index is 5.68. The summed E-state index contributed by atoms with van der Waals surface area (Å²) in [6.07, 6.45) is 1.86. The van der Waals surface area contributed by atoms with Crippen molar-refractivity contribution >= 4 is 0 Å². The Labute approximate surface area is 132 Å². The minimum absolute atomic E-state index is 0.389. The predicted octanol–water partition coefficient (Wildman–Crippen LogP) is 3.04. The predicted molar refractivity (Wildman–Crippen MR) is 84.3 cm³/mol. The third kappa shape index (κ3) is 2.87. The lowest BCUT2D eigenvalue weighted by molar-refractivity contribution is 0.469. The second-order valence-electron chi connectivity index (χ2n) is 5.03. The van der Waals surface area contributed by atoms with E-state index in [9.17, 15) is 0 Å². The zero-order valence-electron chi connectivity index (χ0n) is 12.2. The van der Waals surface area contributed by atoms with Crippen molar-refractivity contribution < 1.29 is 4.42 Å². The monoisotopic (exact) mass is 303 g/mol. The van der Waals surface area contributed by atoms with Crippen LogP contribution in [0.1, 0.15) is 5.89 Å². The van der Waals surface area contributed by atoms with Gasteiger partial charge in [-0.1, -0.05) is 53.7 Å². The van der Waals surface area contributed by atoms with Crippen molar-refractivity contribution in [2.45, 2.75) is 6.54 Å². The van der Waals surface area contributed by atoms with Gasteiger partial charge in [-0.25, -0.2) is 4.68 Å². The first-order valence-electron chi connectivity index (χ1n) is 7.22. The van der Waals surface area contributed by atoms with Crippen LogP contribution < -0.4 is 0 Å². The molecule has 2 aromatic carbocycles. The van der Waals surface area contributed by atoms with Gasteiger partial charge in [-0.05, 0) is 12.1 Å². The van der Waals surface area contributed by atoms with Gasteiger partial charge in [0.2, 0.25) is 11.8 Å². The number of hydrogen-bond donors (Lipinski definition) is 0. The van der Waals surface area contributed by atoms with E-state index in [0.717, 1.165) is 16.8 Å². The molecule has 0 aliphatic carbocycles. The fourth-order valence-corrected chi connectivity index (χ4v) is 2.27. The molecule has 0 aliphatic heterocycles. The van der Waals surface area contributed by atoms with Gasteiger partial charge in [0.05, 0.1) is 6.20 Å². The van der Waals surface area contributed by atoms with Crippen molar-refractivity contribution in [2.75, 3.05) is 0 Å². The van der Waals surface area contributed by atoms with E-state index in [4.69, 9.17) is 4.42 Å². The molecule has 0 bridgehead atoms. The van der Waals surface area contributed by atoms with E-state index >= 15 is 0 Å². The average molecular weight is 303 g/mol. The average Bonchev–Trinajstić information content (AvgIpc) is 3.27. The number of benzene rings is 2. The van der Waals surface area contributed by atoms with Crippen molar-refractivity contribution in [3.63, 3.8) is 0 Å². The molecule has 6 heteroatoms. The Morgan fingerprint density at radius 3 is 2.22 bits per heavy atom. The minimum atomic E-state index is 0.389. The van der Waals surface area contributed by atoms with Crippen LogP contribution in [0, 0.1) is 0 Å². The first-order chi connectivity index (χ1) is 11.4. The molecule has 4 rings (SSSR count). The highest BCUT2D eigenvalue weighted by Gasteiger charge is 2.10. The maximum absolute atomic E-state index is 5.68. The topological polar surface area (TPSA) is 69.6 Å². The zero-order valence-corrected chi connectivity index (χ0v) is 12.2. The third-order valence-electron chi connectivity index (χ3n) is 3.39. The largest absolute Gasteiger partial charge is 0.419 e. The van der Waals surface area contributed by atoms with Crippen molar-refractivity contribution in [3.8, 4) is 22.7 Å². The lowest BCUT2D eigenvalue weighted by Gasteiger charge is -1.95. The Balaban J connectivity index is 1.53. The third-order valence-corrected chi connectivity index (χ3v) is 3.39. The molecular weight excluding hydrogens is 290 g/mol. The van der Waals surface area contributed by atoms with E-state index in [1.165, 1.54) is 0 Å². The quantitative estimate of drug-likeness (QED) is 0.579. The van der Waals surface area contributed by atoms with Crippen LogP contribution in [0.15, 0.2) is 71.3 Å². The fraction of sp³-hybridized carbons (Fsp3) is 0.0588. The van der Waals surface area contributed by atoms with Crippen LogP contribution in [0.3, 0.4) is 0 Å². The maximum Gasteiger partial charge on any atom is 0.247 e. The van der Waals surface area contributed by atoms with Gasteiger partial charge in [-0.3, -0.25) is 0 Å². The Bertz CT molecular complexity index is 823. The van der Waals surface area contributed by atoms with E-state index < -0.39 is 0 Å². The summed E-state index contributed by atoms with van der Waals surface area (Å²) in [6.45, 7) is 0.389. The van der Waals surface area contributed by atoms with Crippen LogP contribution in [0.2, 0.25) is 0 Å².